The van der Waals surface area contributed by atoms with E-state index in [2.05, 4.69) is 20.3 Å². The summed E-state index contributed by atoms with van der Waals surface area (Å²) in [7, 11) is 0. The van der Waals surface area contributed by atoms with Crippen molar-refractivity contribution in [2.45, 2.75) is 32.3 Å². The smallest absolute Gasteiger partial charge is 0.322 e. The second-order valence-electron chi connectivity index (χ2n) is 4.04. The van der Waals surface area contributed by atoms with E-state index in [1.54, 1.807) is 0 Å². The van der Waals surface area contributed by atoms with Gasteiger partial charge in [0.2, 0.25) is 11.2 Å². The van der Waals surface area contributed by atoms with Crippen LogP contribution in [0.2, 0.25) is 5.28 Å². The Bertz CT molecular complexity index is 385. The first-order valence-corrected chi connectivity index (χ1v) is 6.55. The van der Waals surface area contributed by atoms with Gasteiger partial charge in [0.15, 0.2) is 0 Å². The van der Waals surface area contributed by atoms with E-state index < -0.39 is 0 Å². The molecule has 0 spiro atoms. The molecule has 0 bridgehead atoms. The standard InChI is InChI=1S/C11H17ClN4O2/c1-2-13-10-14-9(12)15-11(16-10)18-7-8-5-3-4-6-17-8/h8H,2-7H2,1H3,(H,13,14,15,16). The van der Waals surface area contributed by atoms with Gasteiger partial charge in [-0.05, 0) is 37.8 Å². The zero-order chi connectivity index (χ0) is 12.8. The molecule has 0 amide bonds. The number of hydrogen-bond donors (Lipinski definition) is 1. The lowest BCUT2D eigenvalue weighted by molar-refractivity contribution is -0.0129. The van der Waals surface area contributed by atoms with Crippen molar-refractivity contribution in [3.8, 4) is 6.01 Å². The van der Waals surface area contributed by atoms with E-state index in [1.807, 2.05) is 6.92 Å². The Balaban J connectivity index is 1.91. The molecule has 6 nitrogen and oxygen atoms in total. The molecule has 1 unspecified atom stereocenters. The Morgan fingerprint density at radius 2 is 2.28 bits per heavy atom. The highest BCUT2D eigenvalue weighted by Crippen LogP contribution is 2.15. The molecule has 1 saturated heterocycles. The first kappa shape index (κ1) is 13.3. The molecule has 1 N–H and O–H groups in total. The average Bonchev–Trinajstić information content (AvgIpc) is 2.37. The van der Waals surface area contributed by atoms with Gasteiger partial charge >= 0.3 is 6.01 Å². The molecule has 2 rings (SSSR count). The third kappa shape index (κ3) is 3.96. The van der Waals surface area contributed by atoms with Crippen molar-refractivity contribution in [3.05, 3.63) is 5.28 Å². The summed E-state index contributed by atoms with van der Waals surface area (Å²) in [5, 5.41) is 3.09. The molecular formula is C11H17ClN4O2. The maximum Gasteiger partial charge on any atom is 0.322 e. The Morgan fingerprint density at radius 3 is 3.00 bits per heavy atom. The zero-order valence-corrected chi connectivity index (χ0v) is 11.1. The highest BCUT2D eigenvalue weighted by atomic mass is 35.5. The van der Waals surface area contributed by atoms with Crippen LogP contribution in [0.25, 0.3) is 0 Å². The fraction of sp³-hybridized carbons (Fsp3) is 0.727. The minimum atomic E-state index is 0.122. The van der Waals surface area contributed by atoms with Crippen LogP contribution in [0.3, 0.4) is 0 Å². The summed E-state index contributed by atoms with van der Waals surface area (Å²) in [4.78, 5) is 12.0. The lowest BCUT2D eigenvalue weighted by atomic mass is 10.1. The summed E-state index contributed by atoms with van der Waals surface area (Å²) in [6.07, 6.45) is 3.43. The van der Waals surface area contributed by atoms with Crippen molar-refractivity contribution in [2.75, 3.05) is 25.1 Å². The van der Waals surface area contributed by atoms with Crippen molar-refractivity contribution >= 4 is 17.5 Å². The number of anilines is 1. The topological polar surface area (TPSA) is 69.2 Å². The molecule has 100 valence electrons. The van der Waals surface area contributed by atoms with Crippen LogP contribution in [-0.4, -0.2) is 40.8 Å². The molecule has 7 heteroatoms. The highest BCUT2D eigenvalue weighted by Gasteiger charge is 2.15. The van der Waals surface area contributed by atoms with Crippen molar-refractivity contribution in [1.29, 1.82) is 0 Å². The molecule has 1 aliphatic rings. The van der Waals surface area contributed by atoms with Gasteiger partial charge in [0.05, 0.1) is 6.10 Å². The molecular weight excluding hydrogens is 256 g/mol. The van der Waals surface area contributed by atoms with E-state index in [9.17, 15) is 0 Å². The summed E-state index contributed by atoms with van der Waals surface area (Å²) < 4.78 is 11.1. The van der Waals surface area contributed by atoms with Crippen molar-refractivity contribution in [2.24, 2.45) is 0 Å². The van der Waals surface area contributed by atoms with Crippen molar-refractivity contribution in [1.82, 2.24) is 15.0 Å². The van der Waals surface area contributed by atoms with Crippen LogP contribution in [0.15, 0.2) is 0 Å². The average molecular weight is 273 g/mol. The number of halogens is 1. The number of nitrogens with one attached hydrogen (secondary N) is 1. The Hall–Kier alpha value is -1.14. The van der Waals surface area contributed by atoms with Gasteiger partial charge in [0, 0.05) is 13.2 Å². The Labute approximate surface area is 111 Å². The molecule has 1 aromatic heterocycles. The molecule has 1 atom stereocenters. The van der Waals surface area contributed by atoms with E-state index in [1.165, 1.54) is 6.42 Å². The molecule has 0 radical (unpaired) electrons. The van der Waals surface area contributed by atoms with Crippen molar-refractivity contribution in [3.63, 3.8) is 0 Å². The normalized spacial score (nSPS) is 19.6. The molecule has 18 heavy (non-hydrogen) atoms. The molecule has 0 saturated carbocycles. The Morgan fingerprint density at radius 1 is 1.39 bits per heavy atom. The van der Waals surface area contributed by atoms with Gasteiger partial charge in [-0.25, -0.2) is 0 Å². The fourth-order valence-corrected chi connectivity index (χ4v) is 1.89. The van der Waals surface area contributed by atoms with E-state index in [4.69, 9.17) is 21.1 Å². The van der Waals surface area contributed by atoms with E-state index in [0.29, 0.717) is 19.1 Å². The molecule has 1 fully saturated rings. The van der Waals surface area contributed by atoms with Gasteiger partial charge in [-0.15, -0.1) is 0 Å². The predicted octanol–water partition coefficient (Wildman–Crippen LogP) is 1.90. The van der Waals surface area contributed by atoms with E-state index in [-0.39, 0.29) is 17.4 Å². The number of ether oxygens (including phenoxy) is 2. The SMILES string of the molecule is CCNc1nc(Cl)nc(OCC2CCCCO2)n1. The predicted molar refractivity (Wildman–Crippen MR) is 68.1 cm³/mol. The van der Waals surface area contributed by atoms with Gasteiger partial charge in [-0.3, -0.25) is 0 Å². The summed E-state index contributed by atoms with van der Waals surface area (Å²) in [6, 6.07) is 0.236. The van der Waals surface area contributed by atoms with Crippen LogP contribution < -0.4 is 10.1 Å². The van der Waals surface area contributed by atoms with Gasteiger partial charge in [-0.2, -0.15) is 15.0 Å². The molecule has 1 aromatic rings. The van der Waals surface area contributed by atoms with Gasteiger partial charge in [0.1, 0.15) is 6.61 Å². The number of aromatic nitrogens is 3. The molecule has 1 aliphatic heterocycles. The maximum absolute atomic E-state index is 5.79. The van der Waals surface area contributed by atoms with Gasteiger partial charge < -0.3 is 14.8 Å². The van der Waals surface area contributed by atoms with E-state index in [0.717, 1.165) is 19.4 Å². The summed E-state index contributed by atoms with van der Waals surface area (Å²) in [5.74, 6) is 0.428. The first-order valence-electron chi connectivity index (χ1n) is 6.17. The third-order valence-electron chi connectivity index (χ3n) is 2.59. The molecule has 2 heterocycles. The fourth-order valence-electron chi connectivity index (χ4n) is 1.74. The van der Waals surface area contributed by atoms with Crippen molar-refractivity contribution < 1.29 is 9.47 Å². The largest absolute Gasteiger partial charge is 0.461 e. The highest BCUT2D eigenvalue weighted by molar-refractivity contribution is 6.28. The second-order valence-corrected chi connectivity index (χ2v) is 4.38. The minimum Gasteiger partial charge on any atom is -0.461 e. The number of rotatable bonds is 5. The second kappa shape index (κ2) is 6.70. The Kier molecular flexibility index (Phi) is 4.95. The van der Waals surface area contributed by atoms with Crippen LogP contribution >= 0.6 is 11.6 Å². The number of nitrogens with zero attached hydrogens (tertiary/aromatic N) is 3. The lowest BCUT2D eigenvalue weighted by Crippen LogP contribution is -2.26. The van der Waals surface area contributed by atoms with Crippen LogP contribution in [0.5, 0.6) is 6.01 Å². The lowest BCUT2D eigenvalue weighted by Gasteiger charge is -2.22. The van der Waals surface area contributed by atoms with Gasteiger partial charge in [-0.1, -0.05) is 0 Å². The van der Waals surface area contributed by atoms with Gasteiger partial charge in [0.25, 0.3) is 0 Å². The monoisotopic (exact) mass is 272 g/mol. The zero-order valence-electron chi connectivity index (χ0n) is 10.4. The van der Waals surface area contributed by atoms with E-state index >= 15 is 0 Å². The molecule has 0 aromatic carbocycles. The third-order valence-corrected chi connectivity index (χ3v) is 2.76. The summed E-state index contributed by atoms with van der Waals surface area (Å²) in [5.41, 5.74) is 0. The maximum atomic E-state index is 5.79. The van der Waals surface area contributed by atoms with Crippen LogP contribution in [-0.2, 0) is 4.74 Å². The van der Waals surface area contributed by atoms with Crippen LogP contribution in [0.4, 0.5) is 5.95 Å². The quantitative estimate of drug-likeness (QED) is 0.883. The first-order chi connectivity index (χ1) is 8.78. The van der Waals surface area contributed by atoms with Crippen LogP contribution in [0, 0.1) is 0 Å². The number of hydrogen-bond acceptors (Lipinski definition) is 6. The summed E-state index contributed by atoms with van der Waals surface area (Å²) >= 11 is 5.79. The molecule has 0 aliphatic carbocycles. The summed E-state index contributed by atoms with van der Waals surface area (Å²) in [6.45, 7) is 3.92. The van der Waals surface area contributed by atoms with Crippen LogP contribution in [0.1, 0.15) is 26.2 Å². The minimum absolute atomic E-state index is 0.122.